The Bertz CT molecular complexity index is 3580. The number of hydrogen-bond donors (Lipinski definition) is 0. The molecular weight excluding hydrogens is 771 g/mol. The predicted molar refractivity (Wildman–Crippen MR) is 266 cm³/mol. The number of thiophene rings is 1. The number of benzene rings is 9. The number of hydrogen-bond acceptors (Lipinski definition) is 3. The maximum absolute atomic E-state index is 6.31. The molecule has 0 radical (unpaired) electrons. The predicted octanol–water partition coefficient (Wildman–Crippen LogP) is 17.6. The molecule has 2 nitrogen and oxygen atoms in total. The Labute approximate surface area is 364 Å². The van der Waals surface area contributed by atoms with Gasteiger partial charge >= 0.3 is 0 Å². The van der Waals surface area contributed by atoms with Crippen molar-refractivity contribution in [2.75, 3.05) is 4.90 Å². The van der Waals surface area contributed by atoms with E-state index in [1.807, 2.05) is 17.4 Å². The minimum absolute atomic E-state index is 0.493. The normalized spacial score (nSPS) is 14.0. The lowest BCUT2D eigenvalue weighted by Crippen LogP contribution is -2.11. The van der Waals surface area contributed by atoms with E-state index in [1.54, 1.807) is 0 Å². The van der Waals surface area contributed by atoms with Crippen LogP contribution in [0.4, 0.5) is 17.1 Å². The molecule has 0 bridgehead atoms. The zero-order valence-electron chi connectivity index (χ0n) is 34.3. The van der Waals surface area contributed by atoms with Gasteiger partial charge in [0.15, 0.2) is 0 Å². The Morgan fingerprint density at radius 3 is 2.02 bits per heavy atom. The first-order valence-corrected chi connectivity index (χ1v) is 22.3. The highest BCUT2D eigenvalue weighted by Crippen LogP contribution is 2.47. The van der Waals surface area contributed by atoms with Gasteiger partial charge in [-0.1, -0.05) is 165 Å². The first-order chi connectivity index (χ1) is 30.7. The maximum atomic E-state index is 6.31. The number of furan rings is 1. The van der Waals surface area contributed by atoms with Crippen LogP contribution in [0.1, 0.15) is 18.9 Å². The van der Waals surface area contributed by atoms with Crippen LogP contribution in [-0.4, -0.2) is 0 Å². The summed E-state index contributed by atoms with van der Waals surface area (Å²) in [5.74, 6) is 0.493. The lowest BCUT2D eigenvalue weighted by atomic mass is 9.87. The van der Waals surface area contributed by atoms with Crippen LogP contribution in [0.2, 0.25) is 0 Å². The fourth-order valence-corrected chi connectivity index (χ4v) is 10.9. The molecule has 0 N–H and O–H groups in total. The van der Waals surface area contributed by atoms with E-state index in [4.69, 9.17) is 4.42 Å². The molecule has 1 unspecified atom stereocenters. The van der Waals surface area contributed by atoms with E-state index in [9.17, 15) is 0 Å². The van der Waals surface area contributed by atoms with E-state index in [-0.39, 0.29) is 0 Å². The van der Waals surface area contributed by atoms with E-state index in [0.717, 1.165) is 56.5 Å². The van der Waals surface area contributed by atoms with Gasteiger partial charge in [-0.15, -0.1) is 11.3 Å². The lowest BCUT2D eigenvalue weighted by molar-refractivity contribution is 0.669. The molecule has 11 aromatic rings. The van der Waals surface area contributed by atoms with Crippen LogP contribution in [0.5, 0.6) is 0 Å². The molecule has 0 fully saturated rings. The van der Waals surface area contributed by atoms with Crippen LogP contribution in [0.15, 0.2) is 217 Å². The summed E-state index contributed by atoms with van der Waals surface area (Å²) in [6.45, 7) is 2.31. The second kappa shape index (κ2) is 14.9. The van der Waals surface area contributed by atoms with Crippen LogP contribution in [-0.2, 0) is 0 Å². The van der Waals surface area contributed by atoms with Crippen molar-refractivity contribution in [3.8, 4) is 33.4 Å². The highest BCUT2D eigenvalue weighted by molar-refractivity contribution is 7.25. The van der Waals surface area contributed by atoms with Crippen LogP contribution in [0, 0.1) is 5.92 Å². The maximum Gasteiger partial charge on any atom is 0.136 e. The van der Waals surface area contributed by atoms with Crippen molar-refractivity contribution in [1.82, 2.24) is 0 Å². The van der Waals surface area contributed by atoms with Gasteiger partial charge in [-0.3, -0.25) is 0 Å². The molecule has 0 aliphatic heterocycles. The topological polar surface area (TPSA) is 16.4 Å². The molecule has 0 saturated carbocycles. The summed E-state index contributed by atoms with van der Waals surface area (Å²) in [6, 6.07) is 70.8. The molecular formula is C59H41NOS. The minimum Gasteiger partial charge on any atom is -0.456 e. The number of para-hydroxylation sites is 2. The average Bonchev–Trinajstić information content (AvgIpc) is 3.91. The molecule has 0 spiro atoms. The number of anilines is 3. The average molecular weight is 812 g/mol. The van der Waals surface area contributed by atoms with Crippen molar-refractivity contribution in [3.05, 3.63) is 218 Å². The Morgan fingerprint density at radius 2 is 1.15 bits per heavy atom. The lowest BCUT2D eigenvalue weighted by Gasteiger charge is -2.29. The van der Waals surface area contributed by atoms with Gasteiger partial charge in [-0.05, 0) is 117 Å². The molecule has 0 saturated heterocycles. The van der Waals surface area contributed by atoms with Crippen molar-refractivity contribution < 1.29 is 4.42 Å². The molecule has 3 heteroatoms. The Morgan fingerprint density at radius 1 is 0.484 bits per heavy atom. The van der Waals surface area contributed by atoms with E-state index in [2.05, 4.69) is 218 Å². The Balaban J connectivity index is 1.07. The van der Waals surface area contributed by atoms with Crippen LogP contribution in [0.25, 0.3) is 91.8 Å². The quantitative estimate of drug-likeness (QED) is 0.159. The fraction of sp³-hybridized carbons (Fsp3) is 0.0508. The summed E-state index contributed by atoms with van der Waals surface area (Å²) >= 11 is 1.86. The van der Waals surface area contributed by atoms with Crippen LogP contribution < -0.4 is 4.90 Å². The molecule has 1 aliphatic carbocycles. The van der Waals surface area contributed by atoms with Crippen molar-refractivity contribution >= 4 is 86.9 Å². The summed E-state index contributed by atoms with van der Waals surface area (Å²) in [6.07, 6.45) is 8.13. The monoisotopic (exact) mass is 811 g/mol. The summed E-state index contributed by atoms with van der Waals surface area (Å²) in [7, 11) is 0. The number of fused-ring (bicyclic) bond motifs is 7. The van der Waals surface area contributed by atoms with Gasteiger partial charge < -0.3 is 9.32 Å². The molecule has 1 atom stereocenters. The van der Waals surface area contributed by atoms with Crippen LogP contribution in [0.3, 0.4) is 0 Å². The molecule has 2 heterocycles. The second-order valence-corrected chi connectivity index (χ2v) is 17.5. The highest BCUT2D eigenvalue weighted by atomic mass is 32.1. The summed E-state index contributed by atoms with van der Waals surface area (Å²) in [5, 5.41) is 7.39. The van der Waals surface area contributed by atoms with Crippen molar-refractivity contribution in [2.24, 2.45) is 5.92 Å². The SMILES string of the molecule is CC1C=C(c2cccc3cccc(-c4ccccc4N(c4ccc(-c5cccc6oc7ccccc7c56)cc4)c4cccc(-c5cccc6sc7ccccc7c56)c4)c23)C=CC1. The summed E-state index contributed by atoms with van der Waals surface area (Å²) in [5.41, 5.74) is 14.8. The standard InChI is InChI=1S/C59H41NOS/c1-38-14-8-17-41(36-38)46-23-10-15-40-16-11-26-49(57(40)46)48-20-2-5-27-52(48)60(43-34-32-39(33-35-43)45-24-12-29-54-58(45)50-21-3-6-28-53(50)61-54)44-19-9-18-42(37-44)47-25-13-31-56-59(47)51-22-4-7-30-55(51)62-56/h2-13,15-38H,14H2,1H3. The van der Waals surface area contributed by atoms with Crippen molar-refractivity contribution in [1.29, 1.82) is 0 Å². The smallest absolute Gasteiger partial charge is 0.136 e. The fourth-order valence-electron chi connectivity index (χ4n) is 9.78. The third-order valence-corrected chi connectivity index (χ3v) is 13.7. The van der Waals surface area contributed by atoms with Gasteiger partial charge in [0.1, 0.15) is 11.2 Å². The van der Waals surface area contributed by atoms with Crippen molar-refractivity contribution in [2.45, 2.75) is 13.3 Å². The highest BCUT2D eigenvalue weighted by Gasteiger charge is 2.22. The van der Waals surface area contributed by atoms with Gasteiger partial charge in [-0.2, -0.15) is 0 Å². The molecule has 0 amide bonds. The number of allylic oxidation sites excluding steroid dienone is 4. The third-order valence-electron chi connectivity index (χ3n) is 12.6. The third kappa shape index (κ3) is 6.08. The second-order valence-electron chi connectivity index (χ2n) is 16.5. The van der Waals surface area contributed by atoms with E-state index in [1.165, 1.54) is 64.3 Å². The van der Waals surface area contributed by atoms with Gasteiger partial charge in [-0.25, -0.2) is 0 Å². The van der Waals surface area contributed by atoms with Gasteiger partial charge in [0, 0.05) is 47.9 Å². The molecule has 1 aliphatic rings. The van der Waals surface area contributed by atoms with Crippen LogP contribution >= 0.6 is 11.3 Å². The zero-order valence-corrected chi connectivity index (χ0v) is 35.1. The van der Waals surface area contributed by atoms with Gasteiger partial charge in [0.2, 0.25) is 0 Å². The van der Waals surface area contributed by atoms with E-state index < -0.39 is 0 Å². The Hall–Kier alpha value is -7.46. The number of rotatable bonds is 7. The van der Waals surface area contributed by atoms with Gasteiger partial charge in [0.05, 0.1) is 5.69 Å². The molecule has 62 heavy (non-hydrogen) atoms. The molecule has 9 aromatic carbocycles. The summed E-state index contributed by atoms with van der Waals surface area (Å²) < 4.78 is 8.92. The molecule has 294 valence electrons. The largest absolute Gasteiger partial charge is 0.456 e. The minimum atomic E-state index is 0.493. The van der Waals surface area contributed by atoms with Gasteiger partial charge in [0.25, 0.3) is 0 Å². The van der Waals surface area contributed by atoms with E-state index >= 15 is 0 Å². The Kier molecular flexibility index (Phi) is 8.76. The first kappa shape index (κ1) is 36.4. The molecule has 12 rings (SSSR count). The summed E-state index contributed by atoms with van der Waals surface area (Å²) in [4.78, 5) is 2.45. The van der Waals surface area contributed by atoms with E-state index in [0.29, 0.717) is 5.92 Å². The zero-order chi connectivity index (χ0) is 41.1. The first-order valence-electron chi connectivity index (χ1n) is 21.5. The molecule has 2 aromatic heterocycles. The van der Waals surface area contributed by atoms with Crippen molar-refractivity contribution in [3.63, 3.8) is 0 Å². The number of nitrogens with zero attached hydrogens (tertiary/aromatic N) is 1.